The first-order chi connectivity index (χ1) is 9.52. The molecule has 21 heavy (non-hydrogen) atoms. The van der Waals surface area contributed by atoms with Crippen molar-refractivity contribution in [3.05, 3.63) is 22.2 Å². The molecule has 0 aliphatic carbocycles. The Morgan fingerprint density at radius 1 is 1.33 bits per heavy atom. The summed E-state index contributed by atoms with van der Waals surface area (Å²) in [5, 5.41) is 6.83. The minimum Gasteiger partial charge on any atom is -0.354 e. The summed E-state index contributed by atoms with van der Waals surface area (Å²) in [5.74, 6) is 0.628. The molecule has 0 aromatic heterocycles. The summed E-state index contributed by atoms with van der Waals surface area (Å²) in [4.78, 5) is 17.2. The third-order valence-corrected chi connectivity index (χ3v) is 3.49. The maximum Gasteiger partial charge on any atom is 0.331 e. The second-order valence-corrected chi connectivity index (χ2v) is 5.09. The van der Waals surface area contributed by atoms with E-state index in [9.17, 15) is 4.79 Å². The van der Waals surface area contributed by atoms with Gasteiger partial charge < -0.3 is 10.6 Å². The van der Waals surface area contributed by atoms with Crippen LogP contribution in [0, 0.1) is 0 Å². The van der Waals surface area contributed by atoms with Gasteiger partial charge in [-0.3, -0.25) is 9.62 Å². The minimum absolute atomic E-state index is 0. The summed E-state index contributed by atoms with van der Waals surface area (Å²) in [6.07, 6.45) is 0. The molecule has 1 aromatic rings. The Bertz CT molecular complexity index is 538. The van der Waals surface area contributed by atoms with E-state index in [1.165, 1.54) is 4.90 Å². The van der Waals surface area contributed by atoms with Gasteiger partial charge in [0.25, 0.3) is 0 Å². The average molecular weight is 371 g/mol. The van der Waals surface area contributed by atoms with Crippen molar-refractivity contribution in [2.45, 2.75) is 0 Å². The first-order valence-corrected chi connectivity index (χ1v) is 6.96. The zero-order chi connectivity index (χ0) is 14.7. The van der Waals surface area contributed by atoms with Crippen LogP contribution in [0.5, 0.6) is 0 Å². The Labute approximate surface area is 144 Å². The zero-order valence-electron chi connectivity index (χ0n) is 11.0. The quantitative estimate of drug-likeness (QED) is 0.605. The van der Waals surface area contributed by atoms with Crippen LogP contribution in [0.1, 0.15) is 0 Å². The third kappa shape index (κ3) is 4.23. The number of guanidine groups is 1. The number of carbonyl (C=O) groups is 1. The van der Waals surface area contributed by atoms with Crippen LogP contribution in [0.2, 0.25) is 10.0 Å². The van der Waals surface area contributed by atoms with Crippen molar-refractivity contribution in [3.63, 3.8) is 0 Å². The smallest absolute Gasteiger partial charge is 0.331 e. The van der Waals surface area contributed by atoms with E-state index < -0.39 is 6.03 Å². The van der Waals surface area contributed by atoms with E-state index in [0.717, 1.165) is 13.1 Å². The molecular formula is C11H14Cl3N5OS. The normalized spacial score (nSPS) is 12.9. The number of halogens is 3. The predicted molar refractivity (Wildman–Crippen MR) is 92.7 cm³/mol. The molecular weight excluding hydrogens is 357 g/mol. The van der Waals surface area contributed by atoms with Gasteiger partial charge in [0.05, 0.1) is 10.0 Å². The Balaban J connectivity index is 0.00000220. The van der Waals surface area contributed by atoms with Crippen LogP contribution in [0.25, 0.3) is 0 Å². The molecule has 2 rings (SSSR count). The second kappa shape index (κ2) is 7.84. The lowest BCUT2D eigenvalue weighted by Crippen LogP contribution is -2.32. The summed E-state index contributed by atoms with van der Waals surface area (Å²) in [6, 6.07) is 2.84. The Hall–Kier alpha value is -1.02. The number of nitrogens with one attached hydrogen (secondary N) is 3. The molecule has 10 heteroatoms. The number of aliphatic imine (C=N–C) groups is 1. The van der Waals surface area contributed by atoms with Gasteiger partial charge in [0.1, 0.15) is 5.69 Å². The molecule has 0 bridgehead atoms. The number of benzene rings is 1. The fraction of sp³-hybridized carbons (Fsp3) is 0.273. The highest BCUT2D eigenvalue weighted by molar-refractivity contribution is 7.78. The van der Waals surface area contributed by atoms with Gasteiger partial charge in [0.2, 0.25) is 0 Å². The third-order valence-electron chi connectivity index (χ3n) is 2.72. The van der Waals surface area contributed by atoms with Crippen LogP contribution >= 0.6 is 48.4 Å². The first-order valence-electron chi connectivity index (χ1n) is 5.76. The number of hydrogen-bond donors (Lipinski definition) is 4. The highest BCUT2D eigenvalue weighted by Crippen LogP contribution is 2.37. The first kappa shape index (κ1) is 18.0. The zero-order valence-corrected chi connectivity index (χ0v) is 14.2. The fourth-order valence-corrected chi connectivity index (χ4v) is 2.37. The maximum absolute atomic E-state index is 11.5. The Kier molecular flexibility index (Phi) is 6.73. The molecule has 3 N–H and O–H groups in total. The Morgan fingerprint density at radius 3 is 2.33 bits per heavy atom. The maximum atomic E-state index is 11.5. The lowest BCUT2D eigenvalue weighted by Gasteiger charge is -2.17. The number of rotatable bonds is 2. The van der Waals surface area contributed by atoms with Crippen LogP contribution in [0.15, 0.2) is 17.1 Å². The van der Waals surface area contributed by atoms with E-state index in [2.05, 4.69) is 33.2 Å². The Morgan fingerprint density at radius 2 is 1.86 bits per heavy atom. The number of nitrogens with zero attached hydrogens (tertiary/aromatic N) is 2. The van der Waals surface area contributed by atoms with Gasteiger partial charge in [-0.05, 0) is 12.1 Å². The highest BCUT2D eigenvalue weighted by Gasteiger charge is 2.15. The number of anilines is 1. The van der Waals surface area contributed by atoms with Gasteiger partial charge in [-0.1, -0.05) is 36.0 Å². The van der Waals surface area contributed by atoms with Crippen molar-refractivity contribution >= 4 is 71.8 Å². The van der Waals surface area contributed by atoms with Crippen molar-refractivity contribution in [3.8, 4) is 0 Å². The molecule has 1 aliphatic heterocycles. The van der Waals surface area contributed by atoms with Crippen LogP contribution in [0.3, 0.4) is 0 Å². The van der Waals surface area contributed by atoms with Crippen LogP contribution < -0.4 is 20.3 Å². The van der Waals surface area contributed by atoms with E-state index in [1.807, 2.05) is 0 Å². The van der Waals surface area contributed by atoms with Crippen LogP contribution in [-0.4, -0.2) is 32.1 Å². The summed E-state index contributed by atoms with van der Waals surface area (Å²) in [6.45, 7) is 1.61. The predicted octanol–water partition coefficient (Wildman–Crippen LogP) is 2.59. The largest absolute Gasteiger partial charge is 0.354 e. The van der Waals surface area contributed by atoms with Crippen LogP contribution in [-0.2, 0) is 0 Å². The molecule has 0 atom stereocenters. The van der Waals surface area contributed by atoms with Gasteiger partial charge in [-0.15, -0.1) is 12.4 Å². The van der Waals surface area contributed by atoms with E-state index >= 15 is 0 Å². The molecule has 1 saturated heterocycles. The van der Waals surface area contributed by atoms with Crippen molar-refractivity contribution in [2.24, 2.45) is 4.99 Å². The number of carbonyl (C=O) groups excluding carboxylic acids is 1. The summed E-state index contributed by atoms with van der Waals surface area (Å²) >= 11 is 16.1. The van der Waals surface area contributed by atoms with E-state index in [-0.39, 0.29) is 12.4 Å². The monoisotopic (exact) mass is 369 g/mol. The molecule has 1 aromatic carbocycles. The van der Waals surface area contributed by atoms with Crippen molar-refractivity contribution in [1.82, 2.24) is 15.4 Å². The molecule has 0 unspecified atom stereocenters. The molecule has 2 amide bonds. The molecule has 0 radical (unpaired) electrons. The van der Waals surface area contributed by atoms with Crippen LogP contribution in [0.4, 0.5) is 16.2 Å². The summed E-state index contributed by atoms with van der Waals surface area (Å²) in [5.41, 5.74) is 0.997. The lowest BCUT2D eigenvalue weighted by molar-refractivity contribution is 0.253. The number of thiol groups is 1. The number of hydrogen-bond acceptors (Lipinski definition) is 3. The molecule has 6 nitrogen and oxygen atoms in total. The van der Waals surface area contributed by atoms with Crippen molar-refractivity contribution < 1.29 is 4.79 Å². The summed E-state index contributed by atoms with van der Waals surface area (Å²) < 4.78 is 2.22. The van der Waals surface area contributed by atoms with Crippen molar-refractivity contribution in [1.29, 1.82) is 0 Å². The van der Waals surface area contributed by atoms with Gasteiger partial charge in [-0.25, -0.2) is 9.79 Å². The van der Waals surface area contributed by atoms with Crippen molar-refractivity contribution in [2.75, 3.05) is 25.0 Å². The lowest BCUT2D eigenvalue weighted by atomic mass is 10.2. The minimum atomic E-state index is -0.390. The number of urea groups is 1. The SMILES string of the molecule is CN(C(=O)NS)c1cc(Cl)c(N=C2NCCN2)c(Cl)c1.Cl. The molecule has 0 spiro atoms. The summed E-state index contributed by atoms with van der Waals surface area (Å²) in [7, 11) is 1.58. The van der Waals surface area contributed by atoms with E-state index in [0.29, 0.717) is 27.4 Å². The number of amides is 2. The van der Waals surface area contributed by atoms with Gasteiger partial charge >= 0.3 is 6.03 Å². The highest BCUT2D eigenvalue weighted by atomic mass is 35.5. The topological polar surface area (TPSA) is 68.8 Å². The molecule has 1 heterocycles. The molecule has 1 fully saturated rings. The van der Waals surface area contributed by atoms with E-state index in [4.69, 9.17) is 23.2 Å². The molecule has 1 aliphatic rings. The van der Waals surface area contributed by atoms with E-state index in [1.54, 1.807) is 19.2 Å². The molecule has 116 valence electrons. The fourth-order valence-electron chi connectivity index (χ4n) is 1.66. The molecule has 0 saturated carbocycles. The van der Waals surface area contributed by atoms with Gasteiger partial charge in [0, 0.05) is 25.8 Å². The van der Waals surface area contributed by atoms with Gasteiger partial charge in [0.15, 0.2) is 5.96 Å². The van der Waals surface area contributed by atoms with Gasteiger partial charge in [-0.2, -0.15) is 0 Å². The standard InChI is InChI=1S/C11H13Cl2N5OS.ClH/c1-18(11(19)17-20)6-4-7(12)9(8(13)5-6)16-10-14-2-3-15-10;/h4-5,20H,2-3H2,1H3,(H,17,19)(H2,14,15,16);1H. The average Bonchev–Trinajstić information content (AvgIpc) is 2.93. The second-order valence-electron chi connectivity index (χ2n) is 4.05.